The monoisotopic (exact) mass is 1450 g/mol. The topological polar surface area (TPSA) is 34.4 Å². The number of furan rings is 1. The fourth-order valence-electron chi connectivity index (χ4n) is 17.8. The normalized spacial score (nSPS) is 15.1. The van der Waals surface area contributed by atoms with Gasteiger partial charge in [0.1, 0.15) is 0 Å². The number of para-hydroxylation sites is 4. The molecule has 0 saturated carbocycles. The third-order valence-electron chi connectivity index (χ3n) is 23.8. The fourth-order valence-corrected chi connectivity index (χ4v) is 17.8. The van der Waals surface area contributed by atoms with E-state index in [1.54, 1.807) is 4.57 Å². The maximum absolute atomic E-state index is 9.82. The number of rotatable bonds is 7. The number of hydrogen-bond donors (Lipinski definition) is 0. The third kappa shape index (κ3) is 10.7. The Balaban J connectivity index is 0.921. The minimum absolute atomic E-state index is 0.0110. The second kappa shape index (κ2) is 24.2. The summed E-state index contributed by atoms with van der Waals surface area (Å²) in [6, 6.07) is 83.4. The number of anilines is 6. The first-order chi connectivity index (χ1) is 56.5. The summed E-state index contributed by atoms with van der Waals surface area (Å²) in [7, 11) is 0. The molecule has 6 heteroatoms. The van der Waals surface area contributed by atoms with Gasteiger partial charge in [-0.3, -0.25) is 0 Å². The molecule has 2 aliphatic heterocycles. The van der Waals surface area contributed by atoms with Crippen molar-refractivity contribution < 1.29 is 15.4 Å². The first-order valence-electron chi connectivity index (χ1n) is 43.0. The van der Waals surface area contributed by atoms with E-state index in [0.29, 0.717) is 5.69 Å². The first-order valence-corrected chi connectivity index (χ1v) is 39.0. The molecule has 1 atom stereocenters. The second-order valence-electron chi connectivity index (χ2n) is 36.1. The first kappa shape index (κ1) is 59.8. The number of fused-ring (bicyclic) bond motifs is 16. The summed E-state index contributed by atoms with van der Waals surface area (Å²) >= 11 is 0. The Morgan fingerprint density at radius 3 is 1.09 bits per heavy atom. The van der Waals surface area contributed by atoms with Crippen molar-refractivity contribution in [3.63, 3.8) is 0 Å². The van der Waals surface area contributed by atoms with Crippen molar-refractivity contribution in [2.24, 2.45) is 0 Å². The van der Waals surface area contributed by atoms with Gasteiger partial charge in [-0.2, -0.15) is 0 Å². The predicted molar refractivity (Wildman–Crippen MR) is 471 cm³/mol. The van der Waals surface area contributed by atoms with Gasteiger partial charge in [0.15, 0.2) is 11.2 Å². The molecule has 0 aliphatic carbocycles. The molecule has 6 heterocycles. The molecule has 0 spiro atoms. The molecule has 0 amide bonds. The maximum Gasteiger partial charge on any atom is 0.159 e. The molecular weight excluding hydrogens is 1350 g/mol. The molecule has 0 bridgehead atoms. The van der Waals surface area contributed by atoms with Crippen molar-refractivity contribution in [3.8, 4) is 39.3 Å². The Bertz CT molecular complexity index is 7150. The van der Waals surface area contributed by atoms with E-state index in [1.807, 2.05) is 18.2 Å². The lowest BCUT2D eigenvalue weighted by molar-refractivity contribution is 0.589. The van der Waals surface area contributed by atoms with Crippen LogP contribution in [0.5, 0.6) is 0 Å². The lowest BCUT2D eigenvalue weighted by Gasteiger charge is -2.46. The van der Waals surface area contributed by atoms with Crippen molar-refractivity contribution in [1.82, 2.24) is 13.7 Å². The minimum Gasteiger partial charge on any atom is -0.452 e. The van der Waals surface area contributed by atoms with E-state index in [9.17, 15) is 8.22 Å². The van der Waals surface area contributed by atoms with Crippen LogP contribution >= 0.6 is 0 Å². The molecule has 4 aromatic heterocycles. The highest BCUT2D eigenvalue weighted by Gasteiger charge is 2.44. The van der Waals surface area contributed by atoms with Gasteiger partial charge in [-0.15, -0.1) is 0 Å². The van der Waals surface area contributed by atoms with Gasteiger partial charge in [0.05, 0.1) is 78.2 Å². The molecule has 14 aromatic carbocycles. The Hall–Kier alpha value is -12.1. The van der Waals surface area contributed by atoms with Gasteiger partial charge < -0.3 is 27.9 Å². The van der Waals surface area contributed by atoms with Crippen molar-refractivity contribution >= 4 is 121 Å². The second-order valence-corrected chi connectivity index (χ2v) is 36.1. The molecule has 544 valence electrons. The van der Waals surface area contributed by atoms with Crippen molar-refractivity contribution in [2.45, 2.75) is 137 Å². The summed E-state index contributed by atoms with van der Waals surface area (Å²) in [5.41, 5.74) is 25.6. The third-order valence-corrected chi connectivity index (χ3v) is 23.8. The average Bonchev–Trinajstić information content (AvgIpc) is 1.58. The van der Waals surface area contributed by atoms with Crippen LogP contribution in [0.3, 0.4) is 0 Å². The van der Waals surface area contributed by atoms with Gasteiger partial charge in [0.25, 0.3) is 0 Å². The van der Waals surface area contributed by atoms with E-state index < -0.39 is 47.6 Å². The van der Waals surface area contributed by atoms with Crippen LogP contribution in [-0.2, 0) is 27.1 Å². The molecule has 0 N–H and O–H groups in total. The van der Waals surface area contributed by atoms with Crippen LogP contribution in [-0.4, -0.2) is 13.7 Å². The van der Waals surface area contributed by atoms with E-state index >= 15 is 0 Å². The Morgan fingerprint density at radius 2 is 0.649 bits per heavy atom. The standard InChI is InChI=1S/C105H93N5O/c1-101(2,3)67-40-48-87-81(55-67)82-56-68(102(4,5)6)41-49-88(82)107(87)73-45-47-80-94(62-73)110(92-39-27-35-78-77-34-26-38-91(99(77)111-100(78)92)109-89-50-42-69(103(7,8)9)57-83(89)84-58-70(104(10,11)12)43-51-90(84)109)96-60-71(105(13,14)15)59-95-98(96)97(80)79-46-44-72(106-85-36-24-22-32-75(85)76-33-23-25-37-86(76)106)61-93(79)108(95)74-53-65(63-28-18-16-19-29-63)52-66(54-74)64-30-20-17-21-31-64/h16-62,97H,1-15H3/i22D,23D,24D,25D,32D,33D,36D,37D. The van der Waals surface area contributed by atoms with Gasteiger partial charge in [0, 0.05) is 71.6 Å². The number of nitrogens with zero attached hydrogens (tertiary/aromatic N) is 5. The smallest absolute Gasteiger partial charge is 0.159 e. The van der Waals surface area contributed by atoms with Gasteiger partial charge in [-0.05, 0) is 216 Å². The van der Waals surface area contributed by atoms with Crippen molar-refractivity contribution in [2.75, 3.05) is 9.80 Å². The van der Waals surface area contributed by atoms with E-state index in [4.69, 9.17) is 7.16 Å². The van der Waals surface area contributed by atoms with E-state index in [2.05, 4.69) is 341 Å². The molecule has 18 aromatic rings. The number of hydrogen-bond acceptors (Lipinski definition) is 3. The molecular formula is C105H93N5O. The molecule has 0 fully saturated rings. The molecule has 0 saturated heterocycles. The minimum atomic E-state index is -0.499. The van der Waals surface area contributed by atoms with E-state index in [0.717, 1.165) is 134 Å². The molecule has 6 nitrogen and oxygen atoms in total. The van der Waals surface area contributed by atoms with Gasteiger partial charge >= 0.3 is 0 Å². The van der Waals surface area contributed by atoms with E-state index in [1.165, 1.54) is 43.8 Å². The fraction of sp³-hybridized carbons (Fsp3) is 0.200. The zero-order valence-corrected chi connectivity index (χ0v) is 65.7. The van der Waals surface area contributed by atoms with Crippen LogP contribution in [0.2, 0.25) is 0 Å². The molecule has 20 rings (SSSR count). The van der Waals surface area contributed by atoms with Gasteiger partial charge in [0.2, 0.25) is 0 Å². The summed E-state index contributed by atoms with van der Waals surface area (Å²) < 4.78 is 89.8. The zero-order chi connectivity index (χ0) is 83.2. The summed E-state index contributed by atoms with van der Waals surface area (Å²) in [5, 5.41) is 6.68. The Kier molecular flexibility index (Phi) is 13.0. The number of aromatic nitrogens is 3. The quantitative estimate of drug-likeness (QED) is 0.159. The van der Waals surface area contributed by atoms with E-state index in [-0.39, 0.29) is 55.6 Å². The van der Waals surface area contributed by atoms with Crippen LogP contribution in [0, 0.1) is 0 Å². The predicted octanol–water partition coefficient (Wildman–Crippen LogP) is 29.4. The SMILES string of the molecule is [2H]c1c([2H])c([2H])c2c(c1[2H])c1c([2H])c([2H])c([2H])c([2H])c1n2-c1ccc2c(c1)N(c1cc(-c3ccccc3)cc(-c3ccccc3)c1)c1cc(C(C)(C)C)cc3c1C2c1ccc(-n2c4ccc(C(C)(C)C)cc4c4cc(C(C)(C)C)ccc42)cc1N3c1cccc2c1oc1c(-n3c4ccc(C(C)(C)C)cc4c4cc(C(C)(C)C)ccc43)cccc12. The summed E-state index contributed by atoms with van der Waals surface area (Å²) in [5.74, 6) is -0.496. The van der Waals surface area contributed by atoms with Crippen molar-refractivity contribution in [1.29, 1.82) is 0 Å². The lowest BCUT2D eigenvalue weighted by atomic mass is 9.73. The molecule has 1 unspecified atom stereocenters. The van der Waals surface area contributed by atoms with Crippen LogP contribution in [0.15, 0.2) is 289 Å². The van der Waals surface area contributed by atoms with Crippen molar-refractivity contribution in [3.05, 3.63) is 329 Å². The highest BCUT2D eigenvalue weighted by Crippen LogP contribution is 2.63. The Morgan fingerprint density at radius 1 is 0.261 bits per heavy atom. The van der Waals surface area contributed by atoms with Gasteiger partial charge in [-0.25, -0.2) is 0 Å². The Labute approximate surface area is 662 Å². The maximum atomic E-state index is 9.82. The van der Waals surface area contributed by atoms with Crippen LogP contribution in [0.4, 0.5) is 34.1 Å². The summed E-state index contributed by atoms with van der Waals surface area (Å²) in [6.45, 7) is 34.2. The zero-order valence-electron chi connectivity index (χ0n) is 73.7. The molecule has 0 radical (unpaired) electrons. The van der Waals surface area contributed by atoms with Crippen LogP contribution in [0.25, 0.3) is 127 Å². The number of benzene rings is 14. The van der Waals surface area contributed by atoms with Crippen LogP contribution in [0.1, 0.15) is 165 Å². The molecule has 111 heavy (non-hydrogen) atoms. The molecule has 2 aliphatic rings. The van der Waals surface area contributed by atoms with Gasteiger partial charge in [-0.1, -0.05) is 261 Å². The van der Waals surface area contributed by atoms with Crippen LogP contribution < -0.4 is 9.80 Å². The summed E-state index contributed by atoms with van der Waals surface area (Å²) in [6.07, 6.45) is 0. The summed E-state index contributed by atoms with van der Waals surface area (Å²) in [4.78, 5) is 4.87. The highest BCUT2D eigenvalue weighted by molar-refractivity contribution is 6.17. The largest absolute Gasteiger partial charge is 0.452 e. The average molecular weight is 1450 g/mol. The highest BCUT2D eigenvalue weighted by atomic mass is 16.3. The lowest BCUT2D eigenvalue weighted by Crippen LogP contribution is -2.30.